The second-order valence-corrected chi connectivity index (χ2v) is 7.93. The van der Waals surface area contributed by atoms with Gasteiger partial charge in [0.05, 0.1) is 19.4 Å². The summed E-state index contributed by atoms with van der Waals surface area (Å²) in [5.74, 6) is 2.25. The van der Waals surface area contributed by atoms with Crippen LogP contribution in [-0.4, -0.2) is 68.9 Å². The van der Waals surface area contributed by atoms with Crippen LogP contribution in [0.3, 0.4) is 0 Å². The molecule has 9 nitrogen and oxygen atoms in total. The average Bonchev–Trinajstić information content (AvgIpc) is 2.89. The highest BCUT2D eigenvalue weighted by Crippen LogP contribution is 2.28. The molecule has 0 spiro atoms. The summed E-state index contributed by atoms with van der Waals surface area (Å²) in [6.07, 6.45) is 3.35. The van der Waals surface area contributed by atoms with Crippen LogP contribution >= 0.6 is 0 Å². The lowest BCUT2D eigenvalue weighted by Crippen LogP contribution is -2.22. The Labute approximate surface area is 200 Å². The van der Waals surface area contributed by atoms with Gasteiger partial charge in [0.1, 0.15) is 23.7 Å². The number of rotatable bonds is 11. The third-order valence-electron chi connectivity index (χ3n) is 5.58. The minimum absolute atomic E-state index is 0.121. The number of hydrogen-bond donors (Lipinski definition) is 2. The molecular weight excluding hydrogens is 432 g/mol. The van der Waals surface area contributed by atoms with Crippen LogP contribution in [0.2, 0.25) is 0 Å². The summed E-state index contributed by atoms with van der Waals surface area (Å²) in [6.45, 7) is 4.13. The molecule has 0 saturated carbocycles. The number of likely N-dealkylation sites (N-methyl/N-ethyl adjacent to an activating group) is 1. The van der Waals surface area contributed by atoms with Gasteiger partial charge in [-0.3, -0.25) is 4.79 Å². The van der Waals surface area contributed by atoms with Crippen molar-refractivity contribution in [1.82, 2.24) is 20.3 Å². The standard InChI is InChI=1S/C25H32N6O3/c1-17(20-8-6-18(25(32)26-2)12-22(20)34-5)14-27-23-13-21(29-16-30-23)19-7-9-24(28-15-19)31(3)10-11-33-4/h6-9,12-13,15-17H,10-11,14H2,1-5H3,(H,26,32)(H,27,29,30). The molecule has 1 amide bonds. The van der Waals surface area contributed by atoms with Crippen LogP contribution in [0, 0.1) is 0 Å². The zero-order chi connectivity index (χ0) is 24.5. The smallest absolute Gasteiger partial charge is 0.251 e. The first-order valence-electron chi connectivity index (χ1n) is 11.1. The van der Waals surface area contributed by atoms with Gasteiger partial charge in [-0.2, -0.15) is 0 Å². The van der Waals surface area contributed by atoms with E-state index < -0.39 is 0 Å². The number of methoxy groups -OCH3 is 2. The highest BCUT2D eigenvalue weighted by molar-refractivity contribution is 5.94. The summed E-state index contributed by atoms with van der Waals surface area (Å²) in [5.41, 5.74) is 3.27. The predicted octanol–water partition coefficient (Wildman–Crippen LogP) is 3.21. The minimum Gasteiger partial charge on any atom is -0.496 e. The Kier molecular flexibility index (Phi) is 8.75. The van der Waals surface area contributed by atoms with E-state index in [1.54, 1.807) is 39.7 Å². The second kappa shape index (κ2) is 11.9. The van der Waals surface area contributed by atoms with Crippen LogP contribution < -0.4 is 20.3 Å². The molecule has 0 fully saturated rings. The highest BCUT2D eigenvalue weighted by atomic mass is 16.5. The van der Waals surface area contributed by atoms with Crippen molar-refractivity contribution in [3.63, 3.8) is 0 Å². The van der Waals surface area contributed by atoms with Gasteiger partial charge < -0.3 is 25.0 Å². The summed E-state index contributed by atoms with van der Waals surface area (Å²) in [7, 11) is 6.89. The number of carbonyl (C=O) groups is 1. The van der Waals surface area contributed by atoms with Gasteiger partial charge in [0, 0.05) is 63.6 Å². The van der Waals surface area contributed by atoms with E-state index in [1.165, 1.54) is 0 Å². The maximum atomic E-state index is 11.9. The third-order valence-corrected chi connectivity index (χ3v) is 5.58. The fourth-order valence-electron chi connectivity index (χ4n) is 3.49. The van der Waals surface area contributed by atoms with Gasteiger partial charge in [-0.1, -0.05) is 13.0 Å². The molecule has 2 heterocycles. The van der Waals surface area contributed by atoms with Crippen LogP contribution in [0.4, 0.5) is 11.6 Å². The van der Waals surface area contributed by atoms with E-state index in [-0.39, 0.29) is 11.8 Å². The second-order valence-electron chi connectivity index (χ2n) is 7.93. The van der Waals surface area contributed by atoms with E-state index in [0.717, 1.165) is 35.0 Å². The largest absolute Gasteiger partial charge is 0.496 e. The van der Waals surface area contributed by atoms with E-state index in [4.69, 9.17) is 9.47 Å². The topological polar surface area (TPSA) is 102 Å². The lowest BCUT2D eigenvalue weighted by atomic mass is 9.98. The first kappa shape index (κ1) is 24.9. The van der Waals surface area contributed by atoms with Crippen LogP contribution in [0.5, 0.6) is 5.75 Å². The number of benzene rings is 1. The molecule has 1 unspecified atom stereocenters. The number of ether oxygens (including phenoxy) is 2. The fourth-order valence-corrected chi connectivity index (χ4v) is 3.49. The van der Waals surface area contributed by atoms with E-state index in [1.807, 2.05) is 42.4 Å². The summed E-state index contributed by atoms with van der Waals surface area (Å²) in [5, 5.41) is 6.01. The van der Waals surface area contributed by atoms with Gasteiger partial charge in [0.15, 0.2) is 0 Å². The van der Waals surface area contributed by atoms with Gasteiger partial charge in [-0.25, -0.2) is 15.0 Å². The molecule has 0 aliphatic carbocycles. The number of hydrogen-bond acceptors (Lipinski definition) is 8. The van der Waals surface area contributed by atoms with Crippen LogP contribution in [0.15, 0.2) is 48.9 Å². The quantitative estimate of drug-likeness (QED) is 0.446. The minimum atomic E-state index is -0.145. The summed E-state index contributed by atoms with van der Waals surface area (Å²) < 4.78 is 10.7. The van der Waals surface area contributed by atoms with Crippen LogP contribution in [0.1, 0.15) is 28.8 Å². The molecule has 0 aliphatic heterocycles. The molecule has 3 aromatic rings. The van der Waals surface area contributed by atoms with Crippen molar-refractivity contribution in [2.24, 2.45) is 0 Å². The molecule has 34 heavy (non-hydrogen) atoms. The molecule has 3 rings (SSSR count). The molecule has 9 heteroatoms. The normalized spacial score (nSPS) is 11.6. The first-order valence-corrected chi connectivity index (χ1v) is 11.1. The Bertz CT molecular complexity index is 1090. The van der Waals surface area contributed by atoms with Gasteiger partial charge in [-0.15, -0.1) is 0 Å². The number of nitrogens with one attached hydrogen (secondary N) is 2. The zero-order valence-corrected chi connectivity index (χ0v) is 20.3. The van der Waals surface area contributed by atoms with Crippen molar-refractivity contribution < 1.29 is 14.3 Å². The molecule has 1 atom stereocenters. The van der Waals surface area contributed by atoms with Gasteiger partial charge in [0.2, 0.25) is 0 Å². The molecule has 0 saturated heterocycles. The monoisotopic (exact) mass is 464 g/mol. The van der Waals surface area contributed by atoms with E-state index in [0.29, 0.717) is 24.5 Å². The van der Waals surface area contributed by atoms with E-state index in [9.17, 15) is 4.79 Å². The van der Waals surface area contributed by atoms with Crippen molar-refractivity contribution in [2.45, 2.75) is 12.8 Å². The molecule has 1 aromatic carbocycles. The van der Waals surface area contributed by atoms with Gasteiger partial charge in [-0.05, 0) is 29.8 Å². The number of aromatic nitrogens is 3. The number of pyridine rings is 1. The molecule has 0 radical (unpaired) electrons. The maximum absolute atomic E-state index is 11.9. The Balaban J connectivity index is 1.67. The SMILES string of the molecule is CNC(=O)c1ccc(C(C)CNc2cc(-c3ccc(N(C)CCOC)nc3)ncn2)c(OC)c1. The third kappa shape index (κ3) is 6.20. The van der Waals surface area contributed by atoms with Crippen molar-refractivity contribution in [1.29, 1.82) is 0 Å². The molecule has 2 N–H and O–H groups in total. The number of nitrogens with zero attached hydrogens (tertiary/aromatic N) is 4. The summed E-state index contributed by atoms with van der Waals surface area (Å²) in [6, 6.07) is 11.4. The lowest BCUT2D eigenvalue weighted by Gasteiger charge is -2.18. The summed E-state index contributed by atoms with van der Waals surface area (Å²) in [4.78, 5) is 27.2. The molecular formula is C25H32N6O3. The Morgan fingerprint density at radius 1 is 1.12 bits per heavy atom. The average molecular weight is 465 g/mol. The molecule has 2 aromatic heterocycles. The van der Waals surface area contributed by atoms with Crippen molar-refractivity contribution >= 4 is 17.5 Å². The summed E-state index contributed by atoms with van der Waals surface area (Å²) >= 11 is 0. The maximum Gasteiger partial charge on any atom is 0.251 e. The Morgan fingerprint density at radius 3 is 2.62 bits per heavy atom. The predicted molar refractivity (Wildman–Crippen MR) is 134 cm³/mol. The number of amides is 1. The van der Waals surface area contributed by atoms with Gasteiger partial charge in [0.25, 0.3) is 5.91 Å². The highest BCUT2D eigenvalue weighted by Gasteiger charge is 2.15. The molecule has 0 aliphatic rings. The Morgan fingerprint density at radius 2 is 1.94 bits per heavy atom. The first-order chi connectivity index (χ1) is 16.5. The van der Waals surface area contributed by atoms with Crippen LogP contribution in [-0.2, 0) is 4.74 Å². The van der Waals surface area contributed by atoms with Crippen molar-refractivity contribution in [3.8, 4) is 17.0 Å². The zero-order valence-electron chi connectivity index (χ0n) is 20.3. The lowest BCUT2D eigenvalue weighted by molar-refractivity contribution is 0.0962. The molecule has 0 bridgehead atoms. The number of anilines is 2. The van der Waals surface area contributed by atoms with Crippen molar-refractivity contribution in [2.75, 3.05) is 58.2 Å². The van der Waals surface area contributed by atoms with E-state index in [2.05, 4.69) is 32.5 Å². The van der Waals surface area contributed by atoms with Crippen molar-refractivity contribution in [3.05, 3.63) is 60.0 Å². The van der Waals surface area contributed by atoms with Crippen LogP contribution in [0.25, 0.3) is 11.3 Å². The fraction of sp³-hybridized carbons (Fsp3) is 0.360. The number of carbonyl (C=O) groups excluding carboxylic acids is 1. The van der Waals surface area contributed by atoms with Gasteiger partial charge >= 0.3 is 0 Å². The Hall–Kier alpha value is -3.72. The molecule has 180 valence electrons. The van der Waals surface area contributed by atoms with E-state index >= 15 is 0 Å².